The zero-order valence-electron chi connectivity index (χ0n) is 9.82. The van der Waals surface area contributed by atoms with Gasteiger partial charge in [-0.3, -0.25) is 4.79 Å². The second kappa shape index (κ2) is 3.84. The number of hydrogen-bond donors (Lipinski definition) is 1. The van der Waals surface area contributed by atoms with Crippen molar-refractivity contribution in [3.05, 3.63) is 57.5 Å². The van der Waals surface area contributed by atoms with Crippen molar-refractivity contribution in [3.8, 4) is 11.1 Å². The summed E-state index contributed by atoms with van der Waals surface area (Å²) in [5, 5.41) is 0. The molecule has 4 heteroatoms. The van der Waals surface area contributed by atoms with Gasteiger partial charge in [0.1, 0.15) is 0 Å². The maximum absolute atomic E-state index is 11.8. The van der Waals surface area contributed by atoms with Crippen LogP contribution in [0.4, 0.5) is 0 Å². The summed E-state index contributed by atoms with van der Waals surface area (Å²) in [6.07, 6.45) is 0.644. The molecule has 2 aromatic rings. The second-order valence-corrected chi connectivity index (χ2v) is 4.23. The smallest absolute Gasteiger partial charge is 0.338 e. The normalized spacial score (nSPS) is 11.8. The first-order chi connectivity index (χ1) is 8.70. The lowest BCUT2D eigenvalue weighted by Crippen LogP contribution is -2.14. The standard InChI is InChI=1S/C14H11NO3/c1-18-14(17)10-7-12(16)15-11-6-8-4-2-3-5-9(8)13(10)11/h2-5,7H,6H2,1H3,(H,15,16). The SMILES string of the molecule is COC(=O)c1cc(=O)[nH]c2c1-c1ccccc1C2. The van der Waals surface area contributed by atoms with E-state index in [1.54, 1.807) is 0 Å². The number of aromatic nitrogens is 1. The Kier molecular flexibility index (Phi) is 2.30. The molecule has 1 aromatic carbocycles. The molecule has 0 saturated heterocycles. The van der Waals surface area contributed by atoms with Gasteiger partial charge < -0.3 is 9.72 Å². The highest BCUT2D eigenvalue weighted by atomic mass is 16.5. The molecule has 0 saturated carbocycles. The number of methoxy groups -OCH3 is 1. The van der Waals surface area contributed by atoms with Crippen LogP contribution < -0.4 is 5.56 Å². The number of carbonyl (C=O) groups is 1. The van der Waals surface area contributed by atoms with Crippen LogP contribution in [0.2, 0.25) is 0 Å². The lowest BCUT2D eigenvalue weighted by atomic mass is 10.0. The van der Waals surface area contributed by atoms with Crippen molar-refractivity contribution in [2.45, 2.75) is 6.42 Å². The number of H-pyrrole nitrogens is 1. The molecule has 0 aliphatic heterocycles. The molecule has 0 atom stereocenters. The van der Waals surface area contributed by atoms with Crippen molar-refractivity contribution in [2.24, 2.45) is 0 Å². The number of pyridine rings is 1. The first-order valence-corrected chi connectivity index (χ1v) is 5.63. The van der Waals surface area contributed by atoms with Gasteiger partial charge in [0.2, 0.25) is 5.56 Å². The van der Waals surface area contributed by atoms with E-state index >= 15 is 0 Å². The van der Waals surface area contributed by atoms with E-state index in [1.807, 2.05) is 24.3 Å². The van der Waals surface area contributed by atoms with Crippen molar-refractivity contribution >= 4 is 5.97 Å². The average molecular weight is 241 g/mol. The Morgan fingerprint density at radius 1 is 1.33 bits per heavy atom. The molecule has 0 radical (unpaired) electrons. The van der Waals surface area contributed by atoms with E-state index in [9.17, 15) is 9.59 Å². The molecule has 0 bridgehead atoms. The van der Waals surface area contributed by atoms with E-state index < -0.39 is 5.97 Å². The van der Waals surface area contributed by atoms with Crippen LogP contribution in [0.25, 0.3) is 11.1 Å². The highest BCUT2D eigenvalue weighted by Crippen LogP contribution is 2.37. The molecule has 4 nitrogen and oxygen atoms in total. The van der Waals surface area contributed by atoms with Gasteiger partial charge >= 0.3 is 5.97 Å². The van der Waals surface area contributed by atoms with Crippen molar-refractivity contribution in [3.63, 3.8) is 0 Å². The van der Waals surface area contributed by atoms with Gasteiger partial charge in [-0.2, -0.15) is 0 Å². The highest BCUT2D eigenvalue weighted by molar-refractivity contribution is 5.99. The molecule has 1 aliphatic rings. The van der Waals surface area contributed by atoms with E-state index in [0.717, 1.165) is 22.4 Å². The Hall–Kier alpha value is -2.36. The van der Waals surface area contributed by atoms with Gasteiger partial charge in [-0.1, -0.05) is 24.3 Å². The zero-order chi connectivity index (χ0) is 12.7. The summed E-state index contributed by atoms with van der Waals surface area (Å²) >= 11 is 0. The molecule has 0 fully saturated rings. The van der Waals surface area contributed by atoms with Gasteiger partial charge in [0.15, 0.2) is 0 Å². The second-order valence-electron chi connectivity index (χ2n) is 4.23. The average Bonchev–Trinajstić information content (AvgIpc) is 2.74. The predicted octanol–water partition coefficient (Wildman–Crippen LogP) is 1.73. The number of benzene rings is 1. The number of ether oxygens (including phenoxy) is 1. The van der Waals surface area contributed by atoms with Gasteiger partial charge in [0, 0.05) is 23.7 Å². The summed E-state index contributed by atoms with van der Waals surface area (Å²) in [6, 6.07) is 9.11. The first-order valence-electron chi connectivity index (χ1n) is 5.63. The molecule has 0 spiro atoms. The minimum absolute atomic E-state index is 0.276. The minimum atomic E-state index is -0.478. The number of fused-ring (bicyclic) bond motifs is 3. The number of aromatic amines is 1. The summed E-state index contributed by atoms with van der Waals surface area (Å²) in [4.78, 5) is 26.1. The molecule has 1 N–H and O–H groups in total. The number of esters is 1. The molecule has 90 valence electrons. The third-order valence-corrected chi connectivity index (χ3v) is 3.18. The number of hydrogen-bond acceptors (Lipinski definition) is 3. The summed E-state index contributed by atoms with van der Waals surface area (Å²) in [5.74, 6) is -0.478. The van der Waals surface area contributed by atoms with Crippen LogP contribution >= 0.6 is 0 Å². The van der Waals surface area contributed by atoms with Crippen LogP contribution in [0.15, 0.2) is 35.1 Å². The largest absolute Gasteiger partial charge is 0.465 e. The van der Waals surface area contributed by atoms with Crippen molar-refractivity contribution in [1.82, 2.24) is 4.98 Å². The molecular formula is C14H11NO3. The molecule has 1 heterocycles. The highest BCUT2D eigenvalue weighted by Gasteiger charge is 2.25. The molecule has 18 heavy (non-hydrogen) atoms. The summed E-state index contributed by atoms with van der Waals surface area (Å²) < 4.78 is 4.74. The molecule has 3 rings (SSSR count). The Balaban J connectivity index is 2.33. The van der Waals surface area contributed by atoms with Gasteiger partial charge in [0.25, 0.3) is 0 Å². The Morgan fingerprint density at radius 2 is 2.11 bits per heavy atom. The fourth-order valence-corrected chi connectivity index (χ4v) is 2.43. The Labute approximate surface area is 103 Å². The first kappa shape index (κ1) is 10.8. The summed E-state index contributed by atoms with van der Waals surface area (Å²) in [7, 11) is 1.32. The monoisotopic (exact) mass is 241 g/mol. The number of nitrogens with one attached hydrogen (secondary N) is 1. The Bertz CT molecular complexity index is 700. The number of carbonyl (C=O) groups excluding carboxylic acids is 1. The summed E-state index contributed by atoms with van der Waals surface area (Å²) in [6.45, 7) is 0. The third-order valence-electron chi connectivity index (χ3n) is 3.18. The molecule has 0 amide bonds. The maximum atomic E-state index is 11.8. The third kappa shape index (κ3) is 1.46. The quantitative estimate of drug-likeness (QED) is 0.660. The molecule has 1 aliphatic carbocycles. The van der Waals surface area contributed by atoms with E-state index in [0.29, 0.717) is 12.0 Å². The topological polar surface area (TPSA) is 59.2 Å². The van der Waals surface area contributed by atoms with Crippen LogP contribution in [-0.4, -0.2) is 18.1 Å². The molecule has 1 aromatic heterocycles. The van der Waals surface area contributed by atoms with Crippen molar-refractivity contribution < 1.29 is 9.53 Å². The van der Waals surface area contributed by atoms with Gasteiger partial charge in [0.05, 0.1) is 12.7 Å². The number of rotatable bonds is 1. The maximum Gasteiger partial charge on any atom is 0.338 e. The van der Waals surface area contributed by atoms with Crippen LogP contribution in [0.5, 0.6) is 0 Å². The fraction of sp³-hybridized carbons (Fsp3) is 0.143. The van der Waals surface area contributed by atoms with E-state index in [4.69, 9.17) is 4.74 Å². The van der Waals surface area contributed by atoms with Crippen LogP contribution in [0.1, 0.15) is 21.6 Å². The van der Waals surface area contributed by atoms with Crippen LogP contribution in [0.3, 0.4) is 0 Å². The van der Waals surface area contributed by atoms with E-state index in [2.05, 4.69) is 4.98 Å². The summed E-state index contributed by atoms with van der Waals surface area (Å²) in [5.41, 5.74) is 3.73. The van der Waals surface area contributed by atoms with Crippen LogP contribution in [-0.2, 0) is 11.2 Å². The van der Waals surface area contributed by atoms with Gasteiger partial charge in [-0.05, 0) is 11.1 Å². The van der Waals surface area contributed by atoms with Crippen molar-refractivity contribution in [1.29, 1.82) is 0 Å². The van der Waals surface area contributed by atoms with E-state index in [-0.39, 0.29) is 5.56 Å². The Morgan fingerprint density at radius 3 is 2.89 bits per heavy atom. The predicted molar refractivity (Wildman–Crippen MR) is 66.6 cm³/mol. The molecular weight excluding hydrogens is 230 g/mol. The fourth-order valence-electron chi connectivity index (χ4n) is 2.43. The molecule has 0 unspecified atom stereocenters. The van der Waals surface area contributed by atoms with Gasteiger partial charge in [-0.15, -0.1) is 0 Å². The van der Waals surface area contributed by atoms with E-state index in [1.165, 1.54) is 13.2 Å². The zero-order valence-corrected chi connectivity index (χ0v) is 9.82. The lowest BCUT2D eigenvalue weighted by molar-refractivity contribution is 0.0601. The van der Waals surface area contributed by atoms with Crippen LogP contribution in [0, 0.1) is 0 Å². The lowest BCUT2D eigenvalue weighted by Gasteiger charge is -2.06. The van der Waals surface area contributed by atoms with Crippen molar-refractivity contribution in [2.75, 3.05) is 7.11 Å². The minimum Gasteiger partial charge on any atom is -0.465 e. The van der Waals surface area contributed by atoms with Gasteiger partial charge in [-0.25, -0.2) is 4.79 Å².